The smallest absolute Gasteiger partial charge is 0.319 e. The van der Waals surface area contributed by atoms with Crippen LogP contribution >= 0.6 is 12.4 Å². The summed E-state index contributed by atoms with van der Waals surface area (Å²) in [5, 5.41) is 32.2. The molecule has 4 rings (SSSR count). The van der Waals surface area contributed by atoms with E-state index in [0.29, 0.717) is 18.3 Å². The van der Waals surface area contributed by atoms with Crippen LogP contribution in [0.5, 0.6) is 0 Å². The maximum Gasteiger partial charge on any atom is 0.319 e. The molecule has 29 heavy (non-hydrogen) atoms. The second kappa shape index (κ2) is 7.63. The quantitative estimate of drug-likeness (QED) is 0.506. The maximum atomic E-state index is 11.5. The standard InChI is InChI=1S/C22H37NO5.ClH/c1-19(12-24)16-4-3-14-9-15-10-21(14,20(16,2)6-5-17(19)25)7-8-22(15,27)13-28-18(26)11-23;/h14-17,24-25,27H,3-13,23H2,1-2H3;1H/t14-,15+,16-,17+,19-,20-,21-,22-;/m0./s1. The molecule has 168 valence electrons. The summed E-state index contributed by atoms with van der Waals surface area (Å²) < 4.78 is 5.25. The Morgan fingerprint density at radius 2 is 1.86 bits per heavy atom. The molecule has 7 heteroatoms. The minimum atomic E-state index is -0.951. The highest BCUT2D eigenvalue weighted by Gasteiger charge is 2.70. The van der Waals surface area contributed by atoms with Gasteiger partial charge >= 0.3 is 5.97 Å². The van der Waals surface area contributed by atoms with Crippen molar-refractivity contribution < 1.29 is 24.9 Å². The average molecular weight is 432 g/mol. The van der Waals surface area contributed by atoms with Crippen LogP contribution in [0.25, 0.3) is 0 Å². The van der Waals surface area contributed by atoms with Gasteiger partial charge in [-0.05, 0) is 80.0 Å². The van der Waals surface area contributed by atoms with Crippen molar-refractivity contribution in [1.29, 1.82) is 0 Å². The molecule has 0 saturated heterocycles. The van der Waals surface area contributed by atoms with E-state index in [1.165, 1.54) is 0 Å². The summed E-state index contributed by atoms with van der Waals surface area (Å²) in [6, 6.07) is 0. The lowest BCUT2D eigenvalue weighted by atomic mass is 9.39. The van der Waals surface area contributed by atoms with Gasteiger partial charge in [0.15, 0.2) is 0 Å². The minimum absolute atomic E-state index is 0. The van der Waals surface area contributed by atoms with Crippen molar-refractivity contribution in [2.75, 3.05) is 19.8 Å². The molecular formula is C22H38ClNO5. The van der Waals surface area contributed by atoms with Crippen molar-refractivity contribution in [2.45, 2.75) is 76.9 Å². The molecule has 0 aromatic heterocycles. The van der Waals surface area contributed by atoms with Gasteiger partial charge in [-0.3, -0.25) is 4.79 Å². The van der Waals surface area contributed by atoms with E-state index in [-0.39, 0.29) is 48.9 Å². The number of esters is 1. The molecule has 6 nitrogen and oxygen atoms in total. The van der Waals surface area contributed by atoms with Gasteiger partial charge in [0.05, 0.1) is 19.3 Å². The lowest BCUT2D eigenvalue weighted by Crippen LogP contribution is -2.63. The van der Waals surface area contributed by atoms with Crippen LogP contribution < -0.4 is 5.73 Å². The van der Waals surface area contributed by atoms with Crippen LogP contribution in [-0.2, 0) is 9.53 Å². The van der Waals surface area contributed by atoms with Gasteiger partial charge in [-0.2, -0.15) is 0 Å². The van der Waals surface area contributed by atoms with Crippen LogP contribution in [0.15, 0.2) is 0 Å². The predicted molar refractivity (Wildman–Crippen MR) is 111 cm³/mol. The van der Waals surface area contributed by atoms with Gasteiger partial charge in [0.25, 0.3) is 0 Å². The SMILES string of the molecule is C[C@@]1(CO)[C@H](O)CC[C@@]2(C)[C@H]1CC[C@H]1C[C@@H]3C[C@@]12CC[C@]3(O)COC(=O)CN.Cl. The number of nitrogens with two attached hydrogens (primary N) is 1. The highest BCUT2D eigenvalue weighted by atomic mass is 35.5. The molecule has 0 amide bonds. The van der Waals surface area contributed by atoms with Crippen molar-refractivity contribution in [3.8, 4) is 0 Å². The first-order chi connectivity index (χ1) is 13.1. The van der Waals surface area contributed by atoms with Crippen LogP contribution in [-0.4, -0.2) is 52.8 Å². The van der Waals surface area contributed by atoms with E-state index in [1.54, 1.807) is 0 Å². The van der Waals surface area contributed by atoms with Gasteiger partial charge in [0, 0.05) is 5.41 Å². The Hall–Kier alpha value is -0.400. The predicted octanol–water partition coefficient (Wildman–Crippen LogP) is 2.02. The van der Waals surface area contributed by atoms with E-state index in [9.17, 15) is 20.1 Å². The average Bonchev–Trinajstić information content (AvgIpc) is 3.04. The molecular weight excluding hydrogens is 394 g/mol. The van der Waals surface area contributed by atoms with Crippen molar-refractivity contribution in [2.24, 2.45) is 39.7 Å². The second-order valence-electron chi connectivity index (χ2n) is 10.7. The van der Waals surface area contributed by atoms with Crippen LogP contribution in [0.2, 0.25) is 0 Å². The molecule has 4 aliphatic rings. The largest absolute Gasteiger partial charge is 0.462 e. The number of rotatable bonds is 4. The number of hydrogen-bond donors (Lipinski definition) is 4. The molecule has 4 aliphatic carbocycles. The molecule has 0 radical (unpaired) electrons. The molecule has 4 saturated carbocycles. The Bertz CT molecular complexity index is 649. The van der Waals surface area contributed by atoms with E-state index in [0.717, 1.165) is 44.9 Å². The molecule has 0 aromatic rings. The third-order valence-corrected chi connectivity index (χ3v) is 9.92. The molecule has 0 aromatic carbocycles. The zero-order valence-electron chi connectivity index (χ0n) is 17.7. The first-order valence-corrected chi connectivity index (χ1v) is 11.0. The molecule has 5 N–H and O–H groups in total. The number of carbonyl (C=O) groups excluding carboxylic acids is 1. The highest BCUT2D eigenvalue weighted by molar-refractivity contribution is 5.85. The minimum Gasteiger partial charge on any atom is -0.462 e. The van der Waals surface area contributed by atoms with E-state index in [2.05, 4.69) is 13.8 Å². The molecule has 2 bridgehead atoms. The summed E-state index contributed by atoms with van der Waals surface area (Å²) in [6.45, 7) is 4.37. The number of hydrogen-bond acceptors (Lipinski definition) is 6. The van der Waals surface area contributed by atoms with Crippen LogP contribution in [0.4, 0.5) is 0 Å². The van der Waals surface area contributed by atoms with Gasteiger partial charge in [-0.15, -0.1) is 12.4 Å². The fourth-order valence-electron chi connectivity index (χ4n) is 8.18. The van der Waals surface area contributed by atoms with Crippen molar-refractivity contribution in [3.05, 3.63) is 0 Å². The van der Waals surface area contributed by atoms with Gasteiger partial charge < -0.3 is 25.8 Å². The topological polar surface area (TPSA) is 113 Å². The summed E-state index contributed by atoms with van der Waals surface area (Å²) in [5.41, 5.74) is 4.16. The number of ether oxygens (including phenoxy) is 1. The van der Waals surface area contributed by atoms with Gasteiger partial charge in [-0.25, -0.2) is 0 Å². The van der Waals surface area contributed by atoms with Gasteiger partial charge in [-0.1, -0.05) is 13.8 Å². The lowest BCUT2D eigenvalue weighted by molar-refractivity contribution is -0.217. The molecule has 0 unspecified atom stereocenters. The van der Waals surface area contributed by atoms with Crippen LogP contribution in [0.1, 0.15) is 65.2 Å². The third-order valence-electron chi connectivity index (χ3n) is 9.92. The molecule has 0 heterocycles. The Kier molecular flexibility index (Phi) is 6.12. The van der Waals surface area contributed by atoms with Crippen LogP contribution in [0.3, 0.4) is 0 Å². The fourth-order valence-corrected chi connectivity index (χ4v) is 8.18. The Morgan fingerprint density at radius 1 is 1.14 bits per heavy atom. The number of fused-ring (bicyclic) bond motifs is 2. The van der Waals surface area contributed by atoms with E-state index in [4.69, 9.17) is 10.5 Å². The van der Waals surface area contributed by atoms with E-state index < -0.39 is 23.1 Å². The first kappa shape index (κ1) is 23.3. The van der Waals surface area contributed by atoms with Crippen molar-refractivity contribution >= 4 is 18.4 Å². The first-order valence-electron chi connectivity index (χ1n) is 11.0. The summed E-state index contributed by atoms with van der Waals surface area (Å²) in [5.74, 6) is 0.539. The third kappa shape index (κ3) is 3.08. The summed E-state index contributed by atoms with van der Waals surface area (Å²) in [6.07, 6.45) is 6.91. The summed E-state index contributed by atoms with van der Waals surface area (Å²) >= 11 is 0. The lowest BCUT2D eigenvalue weighted by Gasteiger charge is -2.66. The Balaban J connectivity index is 0.00000240. The van der Waals surface area contributed by atoms with Crippen molar-refractivity contribution in [3.63, 3.8) is 0 Å². The van der Waals surface area contributed by atoms with E-state index >= 15 is 0 Å². The number of carbonyl (C=O) groups is 1. The zero-order valence-corrected chi connectivity index (χ0v) is 18.5. The zero-order chi connectivity index (χ0) is 20.4. The molecule has 1 spiro atoms. The normalized spacial score (nSPS) is 50.8. The summed E-state index contributed by atoms with van der Waals surface area (Å²) in [7, 11) is 0. The fraction of sp³-hybridized carbons (Fsp3) is 0.955. The number of halogens is 1. The number of aliphatic hydroxyl groups excluding tert-OH is 2. The maximum absolute atomic E-state index is 11.5. The number of aliphatic hydroxyl groups is 3. The monoisotopic (exact) mass is 431 g/mol. The molecule has 8 atom stereocenters. The molecule has 0 aliphatic heterocycles. The molecule has 4 fully saturated rings. The van der Waals surface area contributed by atoms with E-state index in [1.807, 2.05) is 0 Å². The highest BCUT2D eigenvalue weighted by Crippen LogP contribution is 2.75. The Morgan fingerprint density at radius 3 is 2.52 bits per heavy atom. The summed E-state index contributed by atoms with van der Waals surface area (Å²) in [4.78, 5) is 11.5. The Labute approximate surface area is 180 Å². The van der Waals surface area contributed by atoms with Crippen molar-refractivity contribution in [1.82, 2.24) is 0 Å². The van der Waals surface area contributed by atoms with Gasteiger partial charge in [0.1, 0.15) is 12.2 Å². The second-order valence-corrected chi connectivity index (χ2v) is 10.7. The van der Waals surface area contributed by atoms with Gasteiger partial charge in [0.2, 0.25) is 0 Å². The van der Waals surface area contributed by atoms with Crippen LogP contribution in [0, 0.1) is 34.0 Å².